The monoisotopic (exact) mass is 298 g/mol. The maximum Gasteiger partial charge on any atom is 0.128 e. The van der Waals surface area contributed by atoms with Crippen molar-refractivity contribution in [2.75, 3.05) is 7.11 Å². The molecule has 1 nitrogen and oxygen atoms in total. The lowest BCUT2D eigenvalue weighted by Gasteiger charge is -2.15. The standard InChI is InChI=1S/C15H13Cl2FO/c1-9-7-11(19-2)4-5-12(9)15(17)13-8-10(16)3-6-14(13)18/h3-8,15H,1-2H3. The Bertz CT molecular complexity index is 599. The molecule has 19 heavy (non-hydrogen) atoms. The molecule has 0 N–H and O–H groups in total. The lowest BCUT2D eigenvalue weighted by molar-refractivity contribution is 0.414. The molecule has 0 heterocycles. The van der Waals surface area contributed by atoms with Gasteiger partial charge in [0.2, 0.25) is 0 Å². The van der Waals surface area contributed by atoms with Crippen molar-refractivity contribution in [3.8, 4) is 5.75 Å². The molecule has 2 aromatic rings. The van der Waals surface area contributed by atoms with Crippen LogP contribution < -0.4 is 4.74 Å². The number of ether oxygens (including phenoxy) is 1. The Hall–Kier alpha value is -1.25. The van der Waals surface area contributed by atoms with Crippen LogP contribution in [0.25, 0.3) is 0 Å². The van der Waals surface area contributed by atoms with Crippen LogP contribution in [0.15, 0.2) is 36.4 Å². The first-order chi connectivity index (χ1) is 9.02. The Morgan fingerprint density at radius 1 is 1.11 bits per heavy atom. The minimum atomic E-state index is -0.579. The summed E-state index contributed by atoms with van der Waals surface area (Å²) in [5.41, 5.74) is 2.16. The average molecular weight is 299 g/mol. The second-order valence-electron chi connectivity index (χ2n) is 4.25. The molecule has 0 aliphatic rings. The van der Waals surface area contributed by atoms with Crippen molar-refractivity contribution in [2.45, 2.75) is 12.3 Å². The van der Waals surface area contributed by atoms with Crippen LogP contribution in [0.3, 0.4) is 0 Å². The zero-order valence-corrected chi connectivity index (χ0v) is 12.1. The Morgan fingerprint density at radius 3 is 2.47 bits per heavy atom. The SMILES string of the molecule is COc1ccc(C(Cl)c2cc(Cl)ccc2F)c(C)c1. The van der Waals surface area contributed by atoms with E-state index in [0.29, 0.717) is 10.6 Å². The van der Waals surface area contributed by atoms with Crippen molar-refractivity contribution in [2.24, 2.45) is 0 Å². The number of hydrogen-bond donors (Lipinski definition) is 0. The Morgan fingerprint density at radius 2 is 1.84 bits per heavy atom. The fraction of sp³-hybridized carbons (Fsp3) is 0.200. The Kier molecular flexibility index (Phi) is 4.33. The first-order valence-corrected chi connectivity index (χ1v) is 6.58. The molecule has 0 bridgehead atoms. The molecule has 0 aromatic heterocycles. The van der Waals surface area contributed by atoms with Crippen LogP contribution in [0.4, 0.5) is 4.39 Å². The van der Waals surface area contributed by atoms with E-state index in [2.05, 4.69) is 0 Å². The van der Waals surface area contributed by atoms with Gasteiger partial charge in [-0.15, -0.1) is 11.6 Å². The van der Waals surface area contributed by atoms with E-state index in [0.717, 1.165) is 16.9 Å². The third-order valence-electron chi connectivity index (χ3n) is 2.98. The quantitative estimate of drug-likeness (QED) is 0.714. The van der Waals surface area contributed by atoms with Gasteiger partial charge in [-0.2, -0.15) is 0 Å². The molecule has 0 aliphatic heterocycles. The van der Waals surface area contributed by atoms with E-state index in [1.54, 1.807) is 19.2 Å². The van der Waals surface area contributed by atoms with Gasteiger partial charge in [-0.3, -0.25) is 0 Å². The van der Waals surface area contributed by atoms with Crippen molar-refractivity contribution in [3.63, 3.8) is 0 Å². The van der Waals surface area contributed by atoms with Gasteiger partial charge < -0.3 is 4.74 Å². The number of benzene rings is 2. The van der Waals surface area contributed by atoms with Gasteiger partial charge in [0.25, 0.3) is 0 Å². The number of hydrogen-bond acceptors (Lipinski definition) is 1. The minimum Gasteiger partial charge on any atom is -0.497 e. The van der Waals surface area contributed by atoms with Gasteiger partial charge in [0.05, 0.1) is 12.5 Å². The number of rotatable bonds is 3. The van der Waals surface area contributed by atoms with Gasteiger partial charge in [-0.25, -0.2) is 4.39 Å². The first-order valence-electron chi connectivity index (χ1n) is 5.76. The van der Waals surface area contributed by atoms with Crippen LogP contribution in [-0.4, -0.2) is 7.11 Å². The summed E-state index contributed by atoms with van der Waals surface area (Å²) in [7, 11) is 1.60. The lowest BCUT2D eigenvalue weighted by atomic mass is 9.99. The van der Waals surface area contributed by atoms with Crippen LogP contribution in [0, 0.1) is 12.7 Å². The highest BCUT2D eigenvalue weighted by molar-refractivity contribution is 6.31. The summed E-state index contributed by atoms with van der Waals surface area (Å²) < 4.78 is 19.0. The van der Waals surface area contributed by atoms with E-state index >= 15 is 0 Å². The van der Waals surface area contributed by atoms with Gasteiger partial charge in [0.15, 0.2) is 0 Å². The van der Waals surface area contributed by atoms with E-state index in [4.69, 9.17) is 27.9 Å². The molecule has 1 unspecified atom stereocenters. The van der Waals surface area contributed by atoms with Gasteiger partial charge >= 0.3 is 0 Å². The zero-order chi connectivity index (χ0) is 14.0. The summed E-state index contributed by atoms with van der Waals surface area (Å²) >= 11 is 12.3. The van der Waals surface area contributed by atoms with Crippen LogP contribution in [0.2, 0.25) is 5.02 Å². The maximum absolute atomic E-state index is 13.8. The fourth-order valence-corrected chi connectivity index (χ4v) is 2.53. The molecule has 1 atom stereocenters. The Balaban J connectivity index is 2.43. The highest BCUT2D eigenvalue weighted by Gasteiger charge is 2.17. The van der Waals surface area contributed by atoms with E-state index in [1.165, 1.54) is 12.1 Å². The van der Waals surface area contributed by atoms with Crippen LogP contribution >= 0.6 is 23.2 Å². The summed E-state index contributed by atoms with van der Waals surface area (Å²) in [6.07, 6.45) is 0. The summed E-state index contributed by atoms with van der Waals surface area (Å²) in [5.74, 6) is 0.385. The summed E-state index contributed by atoms with van der Waals surface area (Å²) in [6.45, 7) is 1.91. The molecule has 0 saturated heterocycles. The maximum atomic E-state index is 13.8. The zero-order valence-electron chi connectivity index (χ0n) is 10.6. The molecule has 0 aliphatic carbocycles. The molecule has 4 heteroatoms. The molecule has 2 aromatic carbocycles. The number of aryl methyl sites for hydroxylation is 1. The van der Waals surface area contributed by atoms with Crippen molar-refractivity contribution >= 4 is 23.2 Å². The van der Waals surface area contributed by atoms with E-state index in [9.17, 15) is 4.39 Å². The highest BCUT2D eigenvalue weighted by atomic mass is 35.5. The smallest absolute Gasteiger partial charge is 0.128 e. The van der Waals surface area contributed by atoms with Crippen molar-refractivity contribution in [1.82, 2.24) is 0 Å². The normalized spacial score (nSPS) is 12.3. The third kappa shape index (κ3) is 3.02. The van der Waals surface area contributed by atoms with Crippen LogP contribution in [0.5, 0.6) is 5.75 Å². The fourth-order valence-electron chi connectivity index (χ4n) is 1.94. The summed E-state index contributed by atoms with van der Waals surface area (Å²) in [5, 5.41) is -0.113. The third-order valence-corrected chi connectivity index (χ3v) is 3.69. The summed E-state index contributed by atoms with van der Waals surface area (Å²) in [4.78, 5) is 0. The number of methoxy groups -OCH3 is 1. The van der Waals surface area contributed by atoms with Crippen LogP contribution in [-0.2, 0) is 0 Å². The molecular formula is C15H13Cl2FO. The second kappa shape index (κ2) is 5.81. The lowest BCUT2D eigenvalue weighted by Crippen LogP contribution is -2.00. The van der Waals surface area contributed by atoms with Gasteiger partial charge in [0.1, 0.15) is 11.6 Å². The van der Waals surface area contributed by atoms with Crippen molar-refractivity contribution in [1.29, 1.82) is 0 Å². The molecule has 0 fully saturated rings. The molecular weight excluding hydrogens is 286 g/mol. The average Bonchev–Trinajstić information content (AvgIpc) is 2.40. The summed E-state index contributed by atoms with van der Waals surface area (Å²) in [6, 6.07) is 9.90. The van der Waals surface area contributed by atoms with Gasteiger partial charge in [-0.05, 0) is 48.4 Å². The molecule has 0 saturated carbocycles. The molecule has 0 radical (unpaired) electrons. The molecule has 2 rings (SSSR count). The topological polar surface area (TPSA) is 9.23 Å². The number of halogens is 3. The predicted octanol–water partition coefficient (Wildman–Crippen LogP) is 5.12. The van der Waals surface area contributed by atoms with E-state index < -0.39 is 5.38 Å². The molecule has 0 spiro atoms. The Labute approximate surface area is 121 Å². The molecule has 100 valence electrons. The van der Waals surface area contributed by atoms with Gasteiger partial charge in [0, 0.05) is 10.6 Å². The second-order valence-corrected chi connectivity index (χ2v) is 5.12. The van der Waals surface area contributed by atoms with E-state index in [1.807, 2.05) is 19.1 Å². The van der Waals surface area contributed by atoms with E-state index in [-0.39, 0.29) is 5.82 Å². The largest absolute Gasteiger partial charge is 0.497 e. The number of alkyl halides is 1. The van der Waals surface area contributed by atoms with Crippen LogP contribution in [0.1, 0.15) is 22.1 Å². The first kappa shape index (κ1) is 14.2. The van der Waals surface area contributed by atoms with Crippen molar-refractivity contribution < 1.29 is 9.13 Å². The van der Waals surface area contributed by atoms with Gasteiger partial charge in [-0.1, -0.05) is 17.7 Å². The minimum absolute atomic E-state index is 0.361. The predicted molar refractivity (Wildman–Crippen MR) is 76.8 cm³/mol. The van der Waals surface area contributed by atoms with Crippen molar-refractivity contribution in [3.05, 3.63) is 63.9 Å². The highest BCUT2D eigenvalue weighted by Crippen LogP contribution is 2.35. The molecule has 0 amide bonds.